The van der Waals surface area contributed by atoms with E-state index in [0.29, 0.717) is 18.4 Å². The standard InChI is InChI=1S/C29H33FO/c1-3-19-31-27-17-18-28-26(20-27)16-15-25(29(28)30)14-9-22-7-12-24(13-8-22)23-10-5-21(4-2)6-11-23/h3,7-8,12-13,15-18,20-21,23H,1,4-6,9-11,14,19H2,2H3. The Balaban J connectivity index is 1.39. The lowest BCUT2D eigenvalue weighted by Gasteiger charge is -2.28. The lowest BCUT2D eigenvalue weighted by Crippen LogP contribution is -2.12. The van der Waals surface area contributed by atoms with Gasteiger partial charge in [0.15, 0.2) is 0 Å². The van der Waals surface area contributed by atoms with Crippen molar-refractivity contribution < 1.29 is 9.13 Å². The number of benzene rings is 3. The van der Waals surface area contributed by atoms with Crippen LogP contribution < -0.4 is 4.74 Å². The van der Waals surface area contributed by atoms with E-state index >= 15 is 4.39 Å². The van der Waals surface area contributed by atoms with E-state index < -0.39 is 0 Å². The molecule has 0 spiro atoms. The van der Waals surface area contributed by atoms with Crippen LogP contribution in [-0.4, -0.2) is 6.61 Å². The molecular weight excluding hydrogens is 383 g/mol. The molecule has 0 saturated heterocycles. The van der Waals surface area contributed by atoms with Crippen LogP contribution in [0.2, 0.25) is 0 Å². The molecule has 0 radical (unpaired) electrons. The third-order valence-corrected chi connectivity index (χ3v) is 6.93. The van der Waals surface area contributed by atoms with Crippen molar-refractivity contribution in [2.45, 2.75) is 57.8 Å². The van der Waals surface area contributed by atoms with Crippen LogP contribution in [0.15, 0.2) is 67.3 Å². The van der Waals surface area contributed by atoms with Crippen molar-refractivity contribution in [2.75, 3.05) is 6.61 Å². The summed E-state index contributed by atoms with van der Waals surface area (Å²) in [5, 5.41) is 1.52. The predicted octanol–water partition coefficient (Wildman–Crippen LogP) is 8.01. The molecule has 1 nitrogen and oxygen atoms in total. The number of ether oxygens (including phenoxy) is 1. The van der Waals surface area contributed by atoms with Crippen molar-refractivity contribution in [3.05, 3.63) is 89.8 Å². The first-order chi connectivity index (χ1) is 15.2. The highest BCUT2D eigenvalue weighted by molar-refractivity contribution is 5.85. The highest BCUT2D eigenvalue weighted by atomic mass is 19.1. The molecule has 3 aromatic carbocycles. The summed E-state index contributed by atoms with van der Waals surface area (Å²) in [6.45, 7) is 6.42. The maximum atomic E-state index is 15.1. The van der Waals surface area contributed by atoms with Gasteiger partial charge in [0, 0.05) is 5.39 Å². The average Bonchev–Trinajstić information content (AvgIpc) is 2.82. The minimum absolute atomic E-state index is 0.114. The molecule has 0 aliphatic heterocycles. The summed E-state index contributed by atoms with van der Waals surface area (Å²) in [6.07, 6.45) is 9.96. The van der Waals surface area contributed by atoms with Crippen LogP contribution in [0, 0.1) is 11.7 Å². The van der Waals surface area contributed by atoms with Crippen molar-refractivity contribution in [1.82, 2.24) is 0 Å². The second kappa shape index (κ2) is 10.1. The number of rotatable bonds is 8. The minimum atomic E-state index is -0.114. The molecule has 162 valence electrons. The third-order valence-electron chi connectivity index (χ3n) is 6.93. The molecule has 31 heavy (non-hydrogen) atoms. The SMILES string of the molecule is C=CCOc1ccc2c(F)c(CCc3ccc(C4CCC(CC)CC4)cc3)ccc2c1. The Bertz CT molecular complexity index is 1010. The van der Waals surface area contributed by atoms with Gasteiger partial charge < -0.3 is 4.74 Å². The van der Waals surface area contributed by atoms with Gasteiger partial charge in [-0.3, -0.25) is 0 Å². The first-order valence-corrected chi connectivity index (χ1v) is 11.7. The number of halogens is 1. The van der Waals surface area contributed by atoms with E-state index in [4.69, 9.17) is 4.74 Å². The zero-order valence-corrected chi connectivity index (χ0v) is 18.6. The fourth-order valence-corrected chi connectivity index (χ4v) is 4.89. The molecule has 1 aliphatic carbocycles. The van der Waals surface area contributed by atoms with E-state index in [2.05, 4.69) is 37.8 Å². The molecule has 1 aliphatic rings. The molecule has 0 atom stereocenters. The van der Waals surface area contributed by atoms with Gasteiger partial charge >= 0.3 is 0 Å². The fourth-order valence-electron chi connectivity index (χ4n) is 4.89. The first-order valence-electron chi connectivity index (χ1n) is 11.7. The number of fused-ring (bicyclic) bond motifs is 1. The lowest BCUT2D eigenvalue weighted by molar-refractivity contribution is 0.319. The van der Waals surface area contributed by atoms with E-state index in [1.54, 1.807) is 6.08 Å². The molecule has 0 bridgehead atoms. The number of hydrogen-bond donors (Lipinski definition) is 0. The Morgan fingerprint density at radius 2 is 1.74 bits per heavy atom. The molecule has 0 N–H and O–H groups in total. The highest BCUT2D eigenvalue weighted by Crippen LogP contribution is 2.37. The van der Waals surface area contributed by atoms with Crippen LogP contribution in [0.3, 0.4) is 0 Å². The third kappa shape index (κ3) is 5.18. The monoisotopic (exact) mass is 416 g/mol. The van der Waals surface area contributed by atoms with Crippen molar-refractivity contribution in [1.29, 1.82) is 0 Å². The van der Waals surface area contributed by atoms with E-state index in [0.717, 1.165) is 35.0 Å². The summed E-state index contributed by atoms with van der Waals surface area (Å²) in [4.78, 5) is 0. The summed E-state index contributed by atoms with van der Waals surface area (Å²) in [5.41, 5.74) is 3.53. The molecule has 0 heterocycles. The van der Waals surface area contributed by atoms with Crippen LogP contribution in [-0.2, 0) is 12.8 Å². The predicted molar refractivity (Wildman–Crippen MR) is 128 cm³/mol. The second-order valence-electron chi connectivity index (χ2n) is 8.89. The van der Waals surface area contributed by atoms with Gasteiger partial charge in [0.05, 0.1) is 0 Å². The van der Waals surface area contributed by atoms with Gasteiger partial charge in [0.1, 0.15) is 18.2 Å². The first kappa shape index (κ1) is 21.6. The molecule has 3 aromatic rings. The van der Waals surface area contributed by atoms with E-state index in [1.165, 1.54) is 43.2 Å². The summed E-state index contributed by atoms with van der Waals surface area (Å²) in [7, 11) is 0. The van der Waals surface area contributed by atoms with Gasteiger partial charge in [-0.25, -0.2) is 4.39 Å². The van der Waals surface area contributed by atoms with Crippen LogP contribution in [0.4, 0.5) is 4.39 Å². The molecule has 2 heteroatoms. The number of aryl methyl sites for hydroxylation is 2. The topological polar surface area (TPSA) is 9.23 Å². The van der Waals surface area contributed by atoms with Crippen LogP contribution in [0.5, 0.6) is 5.75 Å². The Morgan fingerprint density at radius 3 is 2.45 bits per heavy atom. The Labute approximate surface area is 185 Å². The van der Waals surface area contributed by atoms with E-state index in [9.17, 15) is 0 Å². The molecule has 1 fully saturated rings. The number of hydrogen-bond acceptors (Lipinski definition) is 1. The van der Waals surface area contributed by atoms with Gasteiger partial charge in [0.2, 0.25) is 0 Å². The fraction of sp³-hybridized carbons (Fsp3) is 0.379. The van der Waals surface area contributed by atoms with Gasteiger partial charge in [0.25, 0.3) is 0 Å². The minimum Gasteiger partial charge on any atom is -0.490 e. The molecule has 4 rings (SSSR count). The molecule has 0 amide bonds. The van der Waals surface area contributed by atoms with Gasteiger partial charge in [-0.05, 0) is 90.6 Å². The zero-order valence-electron chi connectivity index (χ0n) is 18.6. The van der Waals surface area contributed by atoms with Crippen LogP contribution >= 0.6 is 0 Å². The van der Waals surface area contributed by atoms with E-state index in [1.807, 2.05) is 30.3 Å². The molecular formula is C29H33FO. The highest BCUT2D eigenvalue weighted by Gasteiger charge is 2.21. The van der Waals surface area contributed by atoms with Crippen LogP contribution in [0.1, 0.15) is 61.6 Å². The van der Waals surface area contributed by atoms with Crippen molar-refractivity contribution in [3.8, 4) is 5.75 Å². The molecule has 0 aromatic heterocycles. The smallest absolute Gasteiger partial charge is 0.134 e. The summed E-state index contributed by atoms with van der Waals surface area (Å²) in [5.74, 6) is 2.27. The average molecular weight is 417 g/mol. The normalized spacial score (nSPS) is 18.8. The summed E-state index contributed by atoms with van der Waals surface area (Å²) >= 11 is 0. The quantitative estimate of drug-likeness (QED) is 0.338. The molecule has 1 saturated carbocycles. The maximum Gasteiger partial charge on any atom is 0.134 e. The summed E-state index contributed by atoms with van der Waals surface area (Å²) in [6, 6.07) is 18.5. The summed E-state index contributed by atoms with van der Waals surface area (Å²) < 4.78 is 20.6. The Kier molecular flexibility index (Phi) is 7.06. The Hall–Kier alpha value is -2.61. The zero-order chi connectivity index (χ0) is 21.6. The molecule has 0 unspecified atom stereocenters. The maximum absolute atomic E-state index is 15.1. The second-order valence-corrected chi connectivity index (χ2v) is 8.89. The Morgan fingerprint density at radius 1 is 0.968 bits per heavy atom. The van der Waals surface area contributed by atoms with Gasteiger partial charge in [-0.1, -0.05) is 62.4 Å². The van der Waals surface area contributed by atoms with Crippen LogP contribution in [0.25, 0.3) is 10.8 Å². The van der Waals surface area contributed by atoms with Crippen molar-refractivity contribution in [3.63, 3.8) is 0 Å². The largest absolute Gasteiger partial charge is 0.490 e. The van der Waals surface area contributed by atoms with Crippen molar-refractivity contribution >= 4 is 10.8 Å². The van der Waals surface area contributed by atoms with Gasteiger partial charge in [-0.15, -0.1) is 0 Å². The van der Waals surface area contributed by atoms with Gasteiger partial charge in [-0.2, -0.15) is 0 Å². The lowest BCUT2D eigenvalue weighted by atomic mass is 9.78. The van der Waals surface area contributed by atoms with Crippen molar-refractivity contribution in [2.24, 2.45) is 5.92 Å². The van der Waals surface area contributed by atoms with E-state index in [-0.39, 0.29) is 5.82 Å².